The van der Waals surface area contributed by atoms with E-state index in [2.05, 4.69) is 6.07 Å². The molecule has 0 aromatic heterocycles. The van der Waals surface area contributed by atoms with Gasteiger partial charge in [-0.25, -0.2) is 0 Å². The summed E-state index contributed by atoms with van der Waals surface area (Å²) in [4.78, 5) is 25.8. The van der Waals surface area contributed by atoms with Crippen LogP contribution in [0.5, 0.6) is 0 Å². The standard InChI is InChI=1S/C18H23NO3/c1-11-3-4-12(2)14(7-11)8-17(20)19-9-15(13-5-6-13)16(10-19)18(21)22/h3-4,7,13,15-16H,5-6,8-10H2,1-2H3,(H,21,22)/t15-,16+/m1/s1. The van der Waals surface area contributed by atoms with E-state index in [9.17, 15) is 14.7 Å². The summed E-state index contributed by atoms with van der Waals surface area (Å²) in [6, 6.07) is 6.13. The molecule has 1 aliphatic carbocycles. The number of nitrogens with zero attached hydrogens (tertiary/aromatic N) is 1. The van der Waals surface area contributed by atoms with Crippen molar-refractivity contribution in [3.8, 4) is 0 Å². The van der Waals surface area contributed by atoms with Gasteiger partial charge >= 0.3 is 5.97 Å². The number of benzene rings is 1. The van der Waals surface area contributed by atoms with Crippen molar-refractivity contribution in [1.82, 2.24) is 4.90 Å². The fraction of sp³-hybridized carbons (Fsp3) is 0.556. The fourth-order valence-electron chi connectivity index (χ4n) is 3.56. The van der Waals surface area contributed by atoms with Crippen LogP contribution in [0.1, 0.15) is 29.5 Å². The third-order valence-corrected chi connectivity index (χ3v) is 5.11. The first-order chi connectivity index (χ1) is 10.5. The van der Waals surface area contributed by atoms with E-state index >= 15 is 0 Å². The Balaban J connectivity index is 1.70. The van der Waals surface area contributed by atoms with E-state index in [1.54, 1.807) is 4.90 Å². The maximum absolute atomic E-state index is 12.6. The first kappa shape index (κ1) is 15.1. The number of hydrogen-bond acceptors (Lipinski definition) is 2. The molecule has 4 nitrogen and oxygen atoms in total. The second-order valence-corrected chi connectivity index (χ2v) is 6.85. The van der Waals surface area contributed by atoms with Gasteiger partial charge in [0.2, 0.25) is 5.91 Å². The summed E-state index contributed by atoms with van der Waals surface area (Å²) < 4.78 is 0. The molecule has 2 fully saturated rings. The molecule has 1 heterocycles. The fourth-order valence-corrected chi connectivity index (χ4v) is 3.56. The largest absolute Gasteiger partial charge is 0.481 e. The van der Waals surface area contributed by atoms with Crippen molar-refractivity contribution in [1.29, 1.82) is 0 Å². The van der Waals surface area contributed by atoms with Crippen LogP contribution in [-0.2, 0) is 16.0 Å². The maximum atomic E-state index is 12.6. The average molecular weight is 301 g/mol. The molecule has 3 rings (SSSR count). The molecule has 0 unspecified atom stereocenters. The number of carboxylic acids is 1. The number of rotatable bonds is 4. The van der Waals surface area contributed by atoms with E-state index in [1.165, 1.54) is 0 Å². The van der Waals surface area contributed by atoms with Crippen LogP contribution in [0.25, 0.3) is 0 Å². The van der Waals surface area contributed by atoms with Gasteiger partial charge in [-0.15, -0.1) is 0 Å². The van der Waals surface area contributed by atoms with Gasteiger partial charge in [-0.3, -0.25) is 9.59 Å². The van der Waals surface area contributed by atoms with Crippen LogP contribution < -0.4 is 0 Å². The molecule has 1 N–H and O–H groups in total. The van der Waals surface area contributed by atoms with Gasteiger partial charge in [-0.2, -0.15) is 0 Å². The Bertz CT molecular complexity index is 606. The van der Waals surface area contributed by atoms with Gasteiger partial charge in [-0.1, -0.05) is 23.8 Å². The zero-order valence-corrected chi connectivity index (χ0v) is 13.2. The van der Waals surface area contributed by atoms with Gasteiger partial charge in [-0.05, 0) is 49.7 Å². The average Bonchev–Trinajstić information content (AvgIpc) is 3.21. The van der Waals surface area contributed by atoms with Crippen molar-refractivity contribution >= 4 is 11.9 Å². The molecule has 1 aromatic rings. The minimum atomic E-state index is -0.751. The highest BCUT2D eigenvalue weighted by Crippen LogP contribution is 2.44. The molecule has 1 saturated carbocycles. The summed E-state index contributed by atoms with van der Waals surface area (Å²) in [5.41, 5.74) is 3.31. The predicted molar refractivity (Wildman–Crippen MR) is 83.5 cm³/mol. The lowest BCUT2D eigenvalue weighted by molar-refractivity contribution is -0.142. The molecule has 22 heavy (non-hydrogen) atoms. The molecule has 2 atom stereocenters. The highest BCUT2D eigenvalue weighted by atomic mass is 16.4. The number of aryl methyl sites for hydroxylation is 2. The van der Waals surface area contributed by atoms with E-state index in [1.807, 2.05) is 26.0 Å². The lowest BCUT2D eigenvalue weighted by Gasteiger charge is -2.17. The maximum Gasteiger partial charge on any atom is 0.308 e. The second kappa shape index (κ2) is 5.75. The number of amides is 1. The number of likely N-dealkylation sites (tertiary alicyclic amines) is 1. The van der Waals surface area contributed by atoms with Crippen LogP contribution in [0.2, 0.25) is 0 Å². The third-order valence-electron chi connectivity index (χ3n) is 5.11. The van der Waals surface area contributed by atoms with E-state index in [4.69, 9.17) is 0 Å². The van der Waals surface area contributed by atoms with Crippen molar-refractivity contribution in [2.75, 3.05) is 13.1 Å². The predicted octanol–water partition coefficient (Wildman–Crippen LogP) is 2.42. The van der Waals surface area contributed by atoms with Gasteiger partial charge in [0.05, 0.1) is 12.3 Å². The summed E-state index contributed by atoms with van der Waals surface area (Å²) in [7, 11) is 0. The van der Waals surface area contributed by atoms with Gasteiger partial charge in [0.1, 0.15) is 0 Å². The molecule has 1 aliphatic heterocycles. The molecule has 1 amide bonds. The van der Waals surface area contributed by atoms with Crippen LogP contribution in [0.3, 0.4) is 0 Å². The highest BCUT2D eigenvalue weighted by molar-refractivity contribution is 5.81. The Labute approximate surface area is 131 Å². The molecule has 1 saturated heterocycles. The quantitative estimate of drug-likeness (QED) is 0.929. The Morgan fingerprint density at radius 2 is 1.95 bits per heavy atom. The Kier molecular flexibility index (Phi) is 3.94. The molecule has 0 spiro atoms. The lowest BCUT2D eigenvalue weighted by Crippen LogP contribution is -2.31. The highest BCUT2D eigenvalue weighted by Gasteiger charge is 2.46. The lowest BCUT2D eigenvalue weighted by atomic mass is 9.92. The minimum absolute atomic E-state index is 0.0584. The summed E-state index contributed by atoms with van der Waals surface area (Å²) in [5.74, 6) is -0.406. The summed E-state index contributed by atoms with van der Waals surface area (Å²) in [5, 5.41) is 9.39. The van der Waals surface area contributed by atoms with Gasteiger partial charge in [0.15, 0.2) is 0 Å². The zero-order valence-electron chi connectivity index (χ0n) is 13.2. The summed E-state index contributed by atoms with van der Waals surface area (Å²) in [6.07, 6.45) is 2.61. The van der Waals surface area contributed by atoms with Crippen molar-refractivity contribution in [2.24, 2.45) is 17.8 Å². The molecular weight excluding hydrogens is 278 g/mol. The zero-order chi connectivity index (χ0) is 15.9. The topological polar surface area (TPSA) is 57.6 Å². The van der Waals surface area contributed by atoms with Crippen molar-refractivity contribution in [3.63, 3.8) is 0 Å². The Morgan fingerprint density at radius 1 is 1.23 bits per heavy atom. The van der Waals surface area contributed by atoms with Crippen LogP contribution in [-0.4, -0.2) is 35.0 Å². The molecule has 0 radical (unpaired) electrons. The first-order valence-corrected chi connectivity index (χ1v) is 8.02. The van der Waals surface area contributed by atoms with Crippen LogP contribution >= 0.6 is 0 Å². The van der Waals surface area contributed by atoms with E-state index in [0.29, 0.717) is 25.4 Å². The first-order valence-electron chi connectivity index (χ1n) is 8.02. The summed E-state index contributed by atoms with van der Waals surface area (Å²) >= 11 is 0. The number of hydrogen-bond donors (Lipinski definition) is 1. The SMILES string of the molecule is Cc1ccc(C)c(CC(=O)N2C[C@H](C(=O)O)[C@@H](C3CC3)C2)c1. The minimum Gasteiger partial charge on any atom is -0.481 e. The van der Waals surface area contributed by atoms with E-state index in [-0.39, 0.29) is 17.7 Å². The molecule has 4 heteroatoms. The number of carbonyl (C=O) groups is 2. The monoisotopic (exact) mass is 301 g/mol. The van der Waals surface area contributed by atoms with Gasteiger partial charge in [0, 0.05) is 13.1 Å². The Morgan fingerprint density at radius 3 is 2.59 bits per heavy atom. The van der Waals surface area contributed by atoms with Gasteiger partial charge < -0.3 is 10.0 Å². The van der Waals surface area contributed by atoms with Crippen LogP contribution in [0, 0.1) is 31.6 Å². The number of aliphatic carboxylic acids is 1. The van der Waals surface area contributed by atoms with Crippen LogP contribution in [0.15, 0.2) is 18.2 Å². The second-order valence-electron chi connectivity index (χ2n) is 6.85. The number of carbonyl (C=O) groups excluding carboxylic acids is 1. The number of carboxylic acid groups (broad SMARTS) is 1. The van der Waals surface area contributed by atoms with Crippen molar-refractivity contribution in [2.45, 2.75) is 33.1 Å². The molecule has 1 aromatic carbocycles. The molecule has 0 bridgehead atoms. The molecule has 118 valence electrons. The van der Waals surface area contributed by atoms with E-state index < -0.39 is 5.97 Å². The Hall–Kier alpha value is -1.84. The van der Waals surface area contributed by atoms with Gasteiger partial charge in [0.25, 0.3) is 0 Å². The van der Waals surface area contributed by atoms with Crippen molar-refractivity contribution < 1.29 is 14.7 Å². The van der Waals surface area contributed by atoms with Crippen molar-refractivity contribution in [3.05, 3.63) is 34.9 Å². The van der Waals surface area contributed by atoms with Crippen LogP contribution in [0.4, 0.5) is 0 Å². The van der Waals surface area contributed by atoms with E-state index in [0.717, 1.165) is 29.5 Å². The smallest absolute Gasteiger partial charge is 0.308 e. The normalized spacial score (nSPS) is 24.5. The molecule has 2 aliphatic rings. The summed E-state index contributed by atoms with van der Waals surface area (Å²) in [6.45, 7) is 5.03. The third kappa shape index (κ3) is 3.01. The molecular formula is C18H23NO3.